The van der Waals surface area contributed by atoms with Gasteiger partial charge >= 0.3 is 0 Å². The van der Waals surface area contributed by atoms with Crippen LogP contribution in [0.5, 0.6) is 0 Å². The Morgan fingerprint density at radius 2 is 1.87 bits per heavy atom. The van der Waals surface area contributed by atoms with Crippen molar-refractivity contribution in [3.8, 4) is 0 Å². The zero-order valence-corrected chi connectivity index (χ0v) is 14.3. The molecule has 0 amide bonds. The van der Waals surface area contributed by atoms with E-state index in [2.05, 4.69) is 12.2 Å². The molecule has 0 saturated carbocycles. The highest BCUT2D eigenvalue weighted by Gasteiger charge is 2.19. The van der Waals surface area contributed by atoms with E-state index in [-0.39, 0.29) is 5.96 Å². The third kappa shape index (κ3) is 4.07. The van der Waals surface area contributed by atoms with Crippen molar-refractivity contribution in [2.75, 3.05) is 4.90 Å². The lowest BCUT2D eigenvalue weighted by Crippen LogP contribution is -2.47. The standard InChI is InChI=1S/C18H22N4S/c1-3-15-11-7-8-13(2)16(15)22(17(19)20)18(23)21-12-14-9-5-4-6-10-14/h4-11H,3,12H2,1-2H3,(H3,19,20)(H,21,23). The second-order valence-corrected chi connectivity index (χ2v) is 5.69. The van der Waals surface area contributed by atoms with Gasteiger partial charge in [-0.1, -0.05) is 55.5 Å². The number of hydrogen-bond donors (Lipinski definition) is 3. The summed E-state index contributed by atoms with van der Waals surface area (Å²) in [7, 11) is 0. The van der Waals surface area contributed by atoms with Crippen LogP contribution in [0.15, 0.2) is 48.5 Å². The number of hydrogen-bond acceptors (Lipinski definition) is 2. The zero-order valence-electron chi connectivity index (χ0n) is 13.5. The van der Waals surface area contributed by atoms with Crippen molar-refractivity contribution in [1.29, 1.82) is 5.41 Å². The second kappa shape index (κ2) is 7.74. The van der Waals surface area contributed by atoms with E-state index in [1.54, 1.807) is 4.90 Å². The molecule has 2 aromatic carbocycles. The fourth-order valence-electron chi connectivity index (χ4n) is 2.51. The first kappa shape index (κ1) is 17.0. The summed E-state index contributed by atoms with van der Waals surface area (Å²) in [6.07, 6.45) is 0.849. The Labute approximate surface area is 142 Å². The van der Waals surface area contributed by atoms with Gasteiger partial charge in [-0.25, -0.2) is 0 Å². The van der Waals surface area contributed by atoms with E-state index in [1.807, 2.05) is 55.5 Å². The molecule has 4 N–H and O–H groups in total. The number of nitrogens with two attached hydrogens (primary N) is 1. The van der Waals surface area contributed by atoms with Crippen molar-refractivity contribution < 1.29 is 0 Å². The lowest BCUT2D eigenvalue weighted by Gasteiger charge is -2.27. The first-order valence-corrected chi connectivity index (χ1v) is 7.99. The SMILES string of the molecule is CCc1cccc(C)c1N(C(=N)N)C(=S)NCc1ccccc1. The molecule has 0 saturated heterocycles. The van der Waals surface area contributed by atoms with Gasteiger partial charge in [0.25, 0.3) is 0 Å². The number of benzene rings is 2. The minimum atomic E-state index is -0.0837. The molecule has 0 aliphatic heterocycles. The van der Waals surface area contributed by atoms with Gasteiger partial charge in [-0.3, -0.25) is 10.3 Å². The molecular weight excluding hydrogens is 304 g/mol. The van der Waals surface area contributed by atoms with Crippen molar-refractivity contribution in [1.82, 2.24) is 5.32 Å². The molecule has 0 fully saturated rings. The third-order valence-corrected chi connectivity index (χ3v) is 3.98. The quantitative estimate of drug-likeness (QED) is 0.458. The van der Waals surface area contributed by atoms with E-state index in [9.17, 15) is 0 Å². The van der Waals surface area contributed by atoms with E-state index >= 15 is 0 Å². The van der Waals surface area contributed by atoms with Crippen molar-refractivity contribution in [2.45, 2.75) is 26.8 Å². The second-order valence-electron chi connectivity index (χ2n) is 5.30. The Balaban J connectivity index is 2.25. The Kier molecular flexibility index (Phi) is 5.71. The smallest absolute Gasteiger partial charge is 0.199 e. The van der Waals surface area contributed by atoms with Crippen LogP contribution in [0.2, 0.25) is 0 Å². The van der Waals surface area contributed by atoms with Crippen LogP contribution >= 0.6 is 12.2 Å². The maximum absolute atomic E-state index is 7.95. The lowest BCUT2D eigenvalue weighted by molar-refractivity contribution is 0.913. The van der Waals surface area contributed by atoms with Crippen LogP contribution < -0.4 is 16.0 Å². The summed E-state index contributed by atoms with van der Waals surface area (Å²) < 4.78 is 0. The van der Waals surface area contributed by atoms with Crippen molar-refractivity contribution in [2.24, 2.45) is 5.73 Å². The highest BCUT2D eigenvalue weighted by molar-refractivity contribution is 7.80. The molecule has 2 aromatic rings. The van der Waals surface area contributed by atoms with Crippen LogP contribution in [0, 0.1) is 12.3 Å². The van der Waals surface area contributed by atoms with Crippen LogP contribution in [-0.2, 0) is 13.0 Å². The van der Waals surface area contributed by atoms with Gasteiger partial charge in [0.05, 0.1) is 5.69 Å². The van der Waals surface area contributed by atoms with Gasteiger partial charge in [-0.2, -0.15) is 0 Å². The Morgan fingerprint density at radius 3 is 2.48 bits per heavy atom. The third-order valence-electron chi connectivity index (χ3n) is 3.66. The maximum atomic E-state index is 7.95. The Hall–Kier alpha value is -2.40. The highest BCUT2D eigenvalue weighted by Crippen LogP contribution is 2.25. The highest BCUT2D eigenvalue weighted by atomic mass is 32.1. The molecule has 0 aliphatic rings. The van der Waals surface area contributed by atoms with E-state index in [4.69, 9.17) is 23.4 Å². The molecular formula is C18H22N4S. The van der Waals surface area contributed by atoms with Gasteiger partial charge in [0, 0.05) is 6.54 Å². The molecule has 120 valence electrons. The predicted molar refractivity (Wildman–Crippen MR) is 101 cm³/mol. The zero-order chi connectivity index (χ0) is 16.8. The summed E-state index contributed by atoms with van der Waals surface area (Å²) in [4.78, 5) is 1.60. The molecule has 0 aromatic heterocycles. The van der Waals surface area contributed by atoms with Gasteiger partial charge in [0.1, 0.15) is 0 Å². The molecule has 23 heavy (non-hydrogen) atoms. The molecule has 0 atom stereocenters. The Bertz CT molecular complexity index is 697. The number of nitrogens with one attached hydrogen (secondary N) is 2. The Morgan fingerprint density at radius 1 is 1.17 bits per heavy atom. The molecule has 5 heteroatoms. The molecule has 0 aliphatic carbocycles. The first-order valence-electron chi connectivity index (χ1n) is 7.59. The van der Waals surface area contributed by atoms with Gasteiger partial charge in [-0.05, 0) is 42.3 Å². The van der Waals surface area contributed by atoms with Crippen molar-refractivity contribution in [3.63, 3.8) is 0 Å². The summed E-state index contributed by atoms with van der Waals surface area (Å²) in [6.45, 7) is 4.68. The molecule has 0 bridgehead atoms. The number of para-hydroxylation sites is 1. The topological polar surface area (TPSA) is 65.1 Å². The van der Waals surface area contributed by atoms with Crippen LogP contribution in [0.4, 0.5) is 5.69 Å². The fraction of sp³-hybridized carbons (Fsp3) is 0.222. The normalized spacial score (nSPS) is 10.2. The van der Waals surface area contributed by atoms with Gasteiger partial charge in [0.15, 0.2) is 11.1 Å². The predicted octanol–water partition coefficient (Wildman–Crippen LogP) is 3.33. The monoisotopic (exact) mass is 326 g/mol. The largest absolute Gasteiger partial charge is 0.369 e. The summed E-state index contributed by atoms with van der Waals surface area (Å²) >= 11 is 5.49. The van der Waals surface area contributed by atoms with Crippen LogP contribution in [0.1, 0.15) is 23.6 Å². The number of aryl methyl sites for hydroxylation is 2. The summed E-state index contributed by atoms with van der Waals surface area (Å²) in [5.74, 6) is -0.0837. The fourth-order valence-corrected chi connectivity index (χ4v) is 2.77. The number of guanidine groups is 1. The number of nitrogens with zero attached hydrogens (tertiary/aromatic N) is 1. The number of anilines is 1. The molecule has 2 rings (SSSR count). The van der Waals surface area contributed by atoms with Gasteiger partial charge < -0.3 is 11.1 Å². The van der Waals surface area contributed by atoms with E-state index in [0.29, 0.717) is 11.7 Å². The summed E-state index contributed by atoms with van der Waals surface area (Å²) in [5.41, 5.74) is 9.99. The molecule has 0 radical (unpaired) electrons. The number of thiocarbonyl (C=S) groups is 1. The summed E-state index contributed by atoms with van der Waals surface area (Å²) in [6, 6.07) is 16.1. The average Bonchev–Trinajstić information content (AvgIpc) is 2.55. The molecule has 4 nitrogen and oxygen atoms in total. The van der Waals surface area contributed by atoms with Crippen LogP contribution in [0.25, 0.3) is 0 Å². The number of rotatable bonds is 4. The average molecular weight is 326 g/mol. The maximum Gasteiger partial charge on any atom is 0.199 e. The van der Waals surface area contributed by atoms with Crippen molar-refractivity contribution >= 4 is 29.0 Å². The van der Waals surface area contributed by atoms with Crippen LogP contribution in [0.3, 0.4) is 0 Å². The van der Waals surface area contributed by atoms with Crippen molar-refractivity contribution in [3.05, 3.63) is 65.2 Å². The minimum Gasteiger partial charge on any atom is -0.369 e. The molecule has 0 heterocycles. The molecule has 0 spiro atoms. The molecule has 0 unspecified atom stereocenters. The lowest BCUT2D eigenvalue weighted by atomic mass is 10.0. The van der Waals surface area contributed by atoms with Gasteiger partial charge in [-0.15, -0.1) is 0 Å². The summed E-state index contributed by atoms with van der Waals surface area (Å²) in [5, 5.41) is 11.6. The van der Waals surface area contributed by atoms with Gasteiger partial charge in [0.2, 0.25) is 0 Å². The van der Waals surface area contributed by atoms with E-state index in [0.717, 1.165) is 28.8 Å². The minimum absolute atomic E-state index is 0.0837. The van der Waals surface area contributed by atoms with E-state index in [1.165, 1.54) is 0 Å². The first-order chi connectivity index (χ1) is 11.0. The van der Waals surface area contributed by atoms with Crippen LogP contribution in [-0.4, -0.2) is 11.1 Å². The van der Waals surface area contributed by atoms with E-state index < -0.39 is 0 Å².